The summed E-state index contributed by atoms with van der Waals surface area (Å²) in [6, 6.07) is 9.73. The Morgan fingerprint density at radius 1 is 1.04 bits per heavy atom. The van der Waals surface area contributed by atoms with Gasteiger partial charge in [-0.1, -0.05) is 49.6 Å². The summed E-state index contributed by atoms with van der Waals surface area (Å²) in [6.45, 7) is 0.882. The van der Waals surface area contributed by atoms with Crippen LogP contribution in [0.4, 0.5) is 0 Å². The van der Waals surface area contributed by atoms with E-state index in [0.717, 1.165) is 18.4 Å². The number of benzene rings is 1. The van der Waals surface area contributed by atoms with Gasteiger partial charge in [-0.25, -0.2) is 0 Å². The molecule has 2 atom stereocenters. The lowest BCUT2D eigenvalue weighted by molar-refractivity contribution is -0.141. The summed E-state index contributed by atoms with van der Waals surface area (Å²) in [5.41, 5.74) is 1.02. The van der Waals surface area contributed by atoms with Crippen molar-refractivity contribution in [3.8, 4) is 0 Å². The minimum Gasteiger partial charge on any atom is -0.481 e. The molecule has 0 radical (unpaired) electrons. The van der Waals surface area contributed by atoms with Crippen LogP contribution >= 0.6 is 0 Å². The Bertz CT molecular complexity index is 551. The Morgan fingerprint density at radius 2 is 1.74 bits per heavy atom. The molecule has 2 fully saturated rings. The number of carboxylic acid groups (broad SMARTS) is 1. The van der Waals surface area contributed by atoms with Crippen molar-refractivity contribution in [3.05, 3.63) is 35.9 Å². The third-order valence-electron chi connectivity index (χ3n) is 5.41. The number of aliphatic carboxylic acids is 1. The second-order valence-electron chi connectivity index (χ2n) is 6.97. The molecule has 0 spiro atoms. The van der Waals surface area contributed by atoms with Crippen LogP contribution in [-0.2, 0) is 9.59 Å². The molecule has 4 nitrogen and oxygen atoms in total. The summed E-state index contributed by atoms with van der Waals surface area (Å²) in [5, 5.41) is 9.53. The lowest BCUT2D eigenvalue weighted by atomic mass is 9.86. The highest BCUT2D eigenvalue weighted by Crippen LogP contribution is 2.34. The Morgan fingerprint density at radius 3 is 2.39 bits per heavy atom. The van der Waals surface area contributed by atoms with Crippen molar-refractivity contribution in [1.29, 1.82) is 0 Å². The van der Waals surface area contributed by atoms with Crippen LogP contribution in [0.3, 0.4) is 0 Å². The van der Waals surface area contributed by atoms with Crippen LogP contribution in [0.15, 0.2) is 30.3 Å². The monoisotopic (exact) mass is 315 g/mol. The molecule has 3 rings (SSSR count). The van der Waals surface area contributed by atoms with Gasteiger partial charge in [-0.2, -0.15) is 0 Å². The fourth-order valence-electron chi connectivity index (χ4n) is 4.06. The van der Waals surface area contributed by atoms with Crippen molar-refractivity contribution >= 4 is 11.9 Å². The number of hydrogen-bond donors (Lipinski definition) is 1. The molecule has 4 heteroatoms. The van der Waals surface area contributed by atoms with Crippen molar-refractivity contribution in [2.75, 3.05) is 13.1 Å². The minimum absolute atomic E-state index is 0.0935. The highest BCUT2D eigenvalue weighted by atomic mass is 16.4. The van der Waals surface area contributed by atoms with Crippen molar-refractivity contribution in [2.45, 2.75) is 44.4 Å². The zero-order chi connectivity index (χ0) is 16.2. The Labute approximate surface area is 137 Å². The third kappa shape index (κ3) is 3.74. The number of nitrogens with zero attached hydrogens (tertiary/aromatic N) is 1. The van der Waals surface area contributed by atoms with Crippen molar-refractivity contribution in [1.82, 2.24) is 4.90 Å². The van der Waals surface area contributed by atoms with Gasteiger partial charge in [0.25, 0.3) is 0 Å². The molecule has 1 saturated heterocycles. The number of carbonyl (C=O) groups excluding carboxylic acids is 1. The molecule has 1 aromatic carbocycles. The van der Waals surface area contributed by atoms with Crippen LogP contribution in [0.25, 0.3) is 0 Å². The molecule has 23 heavy (non-hydrogen) atoms. The fraction of sp³-hybridized carbons (Fsp3) is 0.579. The average molecular weight is 315 g/mol. The summed E-state index contributed by atoms with van der Waals surface area (Å²) in [6.07, 6.45) is 6.61. The predicted octanol–water partition coefficient (Wildman–Crippen LogP) is 3.28. The van der Waals surface area contributed by atoms with E-state index in [-0.39, 0.29) is 11.8 Å². The molecular formula is C19H25NO3. The second kappa shape index (κ2) is 7.16. The third-order valence-corrected chi connectivity index (χ3v) is 5.41. The van der Waals surface area contributed by atoms with Crippen LogP contribution in [0.2, 0.25) is 0 Å². The summed E-state index contributed by atoms with van der Waals surface area (Å²) < 4.78 is 0. The molecule has 0 unspecified atom stereocenters. The van der Waals surface area contributed by atoms with Crippen LogP contribution in [-0.4, -0.2) is 35.0 Å². The lowest BCUT2D eigenvalue weighted by Crippen LogP contribution is -2.31. The second-order valence-corrected chi connectivity index (χ2v) is 6.97. The van der Waals surface area contributed by atoms with Gasteiger partial charge < -0.3 is 10.0 Å². The Balaban J connectivity index is 1.67. The molecule has 2 aliphatic rings. The Hall–Kier alpha value is -1.84. The molecule has 1 amide bonds. The zero-order valence-corrected chi connectivity index (χ0v) is 13.5. The maximum absolute atomic E-state index is 12.6. The van der Waals surface area contributed by atoms with E-state index in [4.69, 9.17) is 0 Å². The topological polar surface area (TPSA) is 57.6 Å². The largest absolute Gasteiger partial charge is 0.481 e. The van der Waals surface area contributed by atoms with Gasteiger partial charge in [-0.15, -0.1) is 0 Å². The number of rotatable bonds is 4. The van der Waals surface area contributed by atoms with E-state index >= 15 is 0 Å². The van der Waals surface area contributed by atoms with Crippen LogP contribution in [0.5, 0.6) is 0 Å². The van der Waals surface area contributed by atoms with Crippen molar-refractivity contribution < 1.29 is 14.7 Å². The normalized spacial score (nSPS) is 25.5. The molecule has 0 bridgehead atoms. The number of amides is 1. The first-order chi connectivity index (χ1) is 11.1. The SMILES string of the molecule is O=C(O)[C@@H]1CN(C(=O)CC2CCCCC2)C[C@@H]1c1ccccc1. The van der Waals surface area contributed by atoms with Crippen molar-refractivity contribution in [3.63, 3.8) is 0 Å². The van der Waals surface area contributed by atoms with Gasteiger partial charge in [-0.3, -0.25) is 9.59 Å². The molecule has 1 aliphatic heterocycles. The van der Waals surface area contributed by atoms with E-state index in [1.807, 2.05) is 30.3 Å². The van der Waals surface area contributed by atoms with E-state index in [9.17, 15) is 14.7 Å². The molecule has 0 aromatic heterocycles. The molecule has 1 heterocycles. The van der Waals surface area contributed by atoms with E-state index in [0.29, 0.717) is 25.4 Å². The quantitative estimate of drug-likeness (QED) is 0.927. The lowest BCUT2D eigenvalue weighted by Gasteiger charge is -2.24. The standard InChI is InChI=1S/C19H25NO3/c21-18(11-14-7-3-1-4-8-14)20-12-16(17(13-20)19(22)23)15-9-5-2-6-10-15/h2,5-6,9-10,14,16-17H,1,3-4,7-8,11-13H2,(H,22,23)/t16-,17-/m1/s1. The van der Waals surface area contributed by atoms with Crippen LogP contribution < -0.4 is 0 Å². The van der Waals surface area contributed by atoms with Gasteiger partial charge in [0.15, 0.2) is 0 Å². The van der Waals surface area contributed by atoms with E-state index in [1.54, 1.807) is 4.90 Å². The molecule has 1 saturated carbocycles. The van der Waals surface area contributed by atoms with Gasteiger partial charge in [0, 0.05) is 25.4 Å². The average Bonchev–Trinajstić information content (AvgIpc) is 3.02. The number of likely N-dealkylation sites (tertiary alicyclic amines) is 1. The van der Waals surface area contributed by atoms with Crippen LogP contribution in [0.1, 0.15) is 50.0 Å². The highest BCUT2D eigenvalue weighted by molar-refractivity contribution is 5.79. The summed E-state index contributed by atoms with van der Waals surface area (Å²) >= 11 is 0. The highest BCUT2D eigenvalue weighted by Gasteiger charge is 2.40. The van der Waals surface area contributed by atoms with Crippen molar-refractivity contribution in [2.24, 2.45) is 11.8 Å². The van der Waals surface area contributed by atoms with Gasteiger partial charge in [-0.05, 0) is 24.3 Å². The number of carbonyl (C=O) groups is 2. The maximum Gasteiger partial charge on any atom is 0.308 e. The summed E-state index contributed by atoms with van der Waals surface area (Å²) in [5.74, 6) is -0.750. The first kappa shape index (κ1) is 16.0. The van der Waals surface area contributed by atoms with Gasteiger partial charge in [0.2, 0.25) is 5.91 Å². The number of hydrogen-bond acceptors (Lipinski definition) is 2. The van der Waals surface area contributed by atoms with Gasteiger partial charge >= 0.3 is 5.97 Å². The molecular weight excluding hydrogens is 290 g/mol. The Kier molecular flexibility index (Phi) is 4.99. The predicted molar refractivity (Wildman–Crippen MR) is 88.1 cm³/mol. The molecule has 1 aliphatic carbocycles. The fourth-order valence-corrected chi connectivity index (χ4v) is 4.06. The van der Waals surface area contributed by atoms with E-state index in [2.05, 4.69) is 0 Å². The van der Waals surface area contributed by atoms with Gasteiger partial charge in [0.1, 0.15) is 0 Å². The molecule has 124 valence electrons. The van der Waals surface area contributed by atoms with E-state index < -0.39 is 11.9 Å². The first-order valence-corrected chi connectivity index (χ1v) is 8.70. The smallest absolute Gasteiger partial charge is 0.308 e. The zero-order valence-electron chi connectivity index (χ0n) is 13.5. The van der Waals surface area contributed by atoms with Crippen LogP contribution in [0, 0.1) is 11.8 Å². The minimum atomic E-state index is -0.799. The van der Waals surface area contributed by atoms with Gasteiger partial charge in [0.05, 0.1) is 5.92 Å². The summed E-state index contributed by atoms with van der Waals surface area (Å²) in [4.78, 5) is 26.0. The summed E-state index contributed by atoms with van der Waals surface area (Å²) in [7, 11) is 0. The number of carboxylic acids is 1. The molecule has 1 N–H and O–H groups in total. The first-order valence-electron chi connectivity index (χ1n) is 8.70. The van der Waals surface area contributed by atoms with E-state index in [1.165, 1.54) is 19.3 Å². The molecule has 1 aromatic rings. The maximum atomic E-state index is 12.6.